The van der Waals surface area contributed by atoms with E-state index in [0.717, 1.165) is 5.56 Å². The van der Waals surface area contributed by atoms with Gasteiger partial charge in [0.05, 0.1) is 6.54 Å². The Morgan fingerprint density at radius 2 is 1.67 bits per heavy atom. The maximum atomic E-state index is 12.5. The Balaban J connectivity index is 2.79. The third-order valence-corrected chi connectivity index (χ3v) is 4.27. The molecule has 7 heteroatoms. The number of amides is 2. The van der Waals surface area contributed by atoms with Gasteiger partial charge in [-0.1, -0.05) is 46.8 Å². The normalized spacial score (nSPS) is 13.7. The van der Waals surface area contributed by atoms with Gasteiger partial charge in [0.1, 0.15) is 6.04 Å². The predicted molar refractivity (Wildman–Crippen MR) is 103 cm³/mol. The van der Waals surface area contributed by atoms with Crippen LogP contribution in [0.1, 0.15) is 50.5 Å². The van der Waals surface area contributed by atoms with Crippen LogP contribution in [0.25, 0.3) is 0 Å². The van der Waals surface area contributed by atoms with Crippen LogP contribution in [0.2, 0.25) is 0 Å². The Kier molecular flexibility index (Phi) is 7.97. The van der Waals surface area contributed by atoms with Gasteiger partial charge >= 0.3 is 5.97 Å². The quantitative estimate of drug-likeness (QED) is 0.641. The number of benzene rings is 1. The molecule has 27 heavy (non-hydrogen) atoms. The number of carboxylic acid groups (broad SMARTS) is 1. The molecule has 0 spiro atoms. The van der Waals surface area contributed by atoms with Crippen LogP contribution in [0.3, 0.4) is 0 Å². The molecule has 150 valence electrons. The Morgan fingerprint density at radius 3 is 2.07 bits per heavy atom. The third kappa shape index (κ3) is 6.67. The summed E-state index contributed by atoms with van der Waals surface area (Å²) >= 11 is 0. The number of methoxy groups -OCH3 is 1. The Labute approximate surface area is 160 Å². The first-order valence-corrected chi connectivity index (χ1v) is 8.92. The number of carbonyl (C=O) groups is 3. The molecule has 0 aliphatic carbocycles. The highest BCUT2D eigenvalue weighted by Gasteiger charge is 2.26. The van der Waals surface area contributed by atoms with E-state index < -0.39 is 24.0 Å². The van der Waals surface area contributed by atoms with Crippen molar-refractivity contribution in [2.45, 2.75) is 52.2 Å². The molecule has 0 aliphatic heterocycles. The highest BCUT2D eigenvalue weighted by molar-refractivity contribution is 5.97. The fourth-order valence-electron chi connectivity index (χ4n) is 2.46. The van der Waals surface area contributed by atoms with E-state index in [1.165, 1.54) is 7.11 Å². The lowest BCUT2D eigenvalue weighted by Gasteiger charge is -2.23. The van der Waals surface area contributed by atoms with Crippen LogP contribution in [0.5, 0.6) is 0 Å². The van der Waals surface area contributed by atoms with Gasteiger partial charge < -0.3 is 20.5 Å². The van der Waals surface area contributed by atoms with E-state index in [1.54, 1.807) is 26.0 Å². The number of aliphatic carboxylic acids is 1. The van der Waals surface area contributed by atoms with Gasteiger partial charge in [-0.25, -0.2) is 4.79 Å². The maximum Gasteiger partial charge on any atom is 0.334 e. The van der Waals surface area contributed by atoms with Gasteiger partial charge in [-0.3, -0.25) is 9.59 Å². The minimum absolute atomic E-state index is 0.0165. The fourth-order valence-corrected chi connectivity index (χ4v) is 2.46. The molecular weight excluding hydrogens is 348 g/mol. The standard InChI is InChI=1S/C20H30N2O5/c1-12(2)16(18(24)21-11-15(27-6)19(25)26)22-17(23)13-7-9-14(10-8-13)20(3,4)5/h7-10,12,15-16H,11H2,1-6H3,(H,21,24)(H,22,23)(H,25,26). The number of ether oxygens (including phenoxy) is 1. The first-order valence-electron chi connectivity index (χ1n) is 8.92. The van der Waals surface area contributed by atoms with Gasteiger partial charge in [-0.2, -0.15) is 0 Å². The molecule has 2 atom stereocenters. The summed E-state index contributed by atoms with van der Waals surface area (Å²) in [6, 6.07) is 6.48. The Hall–Kier alpha value is -2.41. The smallest absolute Gasteiger partial charge is 0.334 e. The second kappa shape index (κ2) is 9.50. The number of rotatable bonds is 8. The minimum atomic E-state index is -1.16. The molecule has 1 aromatic carbocycles. The van der Waals surface area contributed by atoms with Crippen molar-refractivity contribution in [2.24, 2.45) is 5.92 Å². The third-order valence-electron chi connectivity index (χ3n) is 4.27. The van der Waals surface area contributed by atoms with E-state index in [2.05, 4.69) is 31.4 Å². The zero-order valence-electron chi connectivity index (χ0n) is 16.8. The van der Waals surface area contributed by atoms with Gasteiger partial charge in [0, 0.05) is 12.7 Å². The molecule has 1 aromatic rings. The van der Waals surface area contributed by atoms with E-state index in [9.17, 15) is 14.4 Å². The molecule has 0 fully saturated rings. The fraction of sp³-hybridized carbons (Fsp3) is 0.550. The lowest BCUT2D eigenvalue weighted by Crippen LogP contribution is -2.51. The van der Waals surface area contributed by atoms with E-state index in [-0.39, 0.29) is 23.8 Å². The number of carbonyl (C=O) groups excluding carboxylic acids is 2. The van der Waals surface area contributed by atoms with Crippen molar-refractivity contribution in [3.63, 3.8) is 0 Å². The summed E-state index contributed by atoms with van der Waals surface area (Å²) in [6.45, 7) is 9.70. The van der Waals surface area contributed by atoms with Gasteiger partial charge in [-0.05, 0) is 29.0 Å². The second-order valence-electron chi connectivity index (χ2n) is 7.83. The summed E-state index contributed by atoms with van der Waals surface area (Å²) in [5.41, 5.74) is 1.55. The van der Waals surface area contributed by atoms with E-state index >= 15 is 0 Å². The molecule has 2 unspecified atom stereocenters. The summed E-state index contributed by atoms with van der Waals surface area (Å²) in [6.07, 6.45) is -1.14. The summed E-state index contributed by atoms with van der Waals surface area (Å²) < 4.78 is 4.79. The van der Waals surface area contributed by atoms with Crippen LogP contribution in [0.15, 0.2) is 24.3 Å². The largest absolute Gasteiger partial charge is 0.479 e. The van der Waals surface area contributed by atoms with Crippen molar-refractivity contribution < 1.29 is 24.2 Å². The number of carboxylic acids is 1. The Morgan fingerprint density at radius 1 is 1.11 bits per heavy atom. The minimum Gasteiger partial charge on any atom is -0.479 e. The van der Waals surface area contributed by atoms with Crippen molar-refractivity contribution >= 4 is 17.8 Å². The van der Waals surface area contributed by atoms with Gasteiger partial charge in [-0.15, -0.1) is 0 Å². The van der Waals surface area contributed by atoms with Crippen molar-refractivity contribution in [3.05, 3.63) is 35.4 Å². The molecule has 3 N–H and O–H groups in total. The van der Waals surface area contributed by atoms with Crippen molar-refractivity contribution in [1.82, 2.24) is 10.6 Å². The van der Waals surface area contributed by atoms with Crippen LogP contribution in [0.4, 0.5) is 0 Å². The van der Waals surface area contributed by atoms with Crippen LogP contribution in [-0.4, -0.2) is 48.7 Å². The number of nitrogens with one attached hydrogen (secondary N) is 2. The average Bonchev–Trinajstić information content (AvgIpc) is 2.58. The molecule has 0 saturated carbocycles. The molecule has 0 heterocycles. The van der Waals surface area contributed by atoms with Gasteiger partial charge in [0.2, 0.25) is 5.91 Å². The van der Waals surface area contributed by atoms with Gasteiger partial charge in [0.15, 0.2) is 6.10 Å². The summed E-state index contributed by atoms with van der Waals surface area (Å²) in [5, 5.41) is 14.2. The lowest BCUT2D eigenvalue weighted by molar-refractivity contribution is -0.148. The zero-order valence-corrected chi connectivity index (χ0v) is 16.8. The zero-order chi connectivity index (χ0) is 20.8. The van der Waals surface area contributed by atoms with Crippen LogP contribution >= 0.6 is 0 Å². The second-order valence-corrected chi connectivity index (χ2v) is 7.83. The molecule has 0 bridgehead atoms. The van der Waals surface area contributed by atoms with Crippen LogP contribution in [-0.2, 0) is 19.7 Å². The van der Waals surface area contributed by atoms with E-state index in [0.29, 0.717) is 5.56 Å². The van der Waals surface area contributed by atoms with Crippen molar-refractivity contribution in [3.8, 4) is 0 Å². The average molecular weight is 378 g/mol. The molecule has 0 radical (unpaired) electrons. The monoisotopic (exact) mass is 378 g/mol. The number of hydrogen-bond acceptors (Lipinski definition) is 4. The first kappa shape index (κ1) is 22.6. The van der Waals surface area contributed by atoms with E-state index in [1.807, 2.05) is 12.1 Å². The molecule has 0 aliphatic rings. The first-order chi connectivity index (χ1) is 12.5. The highest BCUT2D eigenvalue weighted by atomic mass is 16.5. The maximum absolute atomic E-state index is 12.5. The summed E-state index contributed by atoms with van der Waals surface area (Å²) in [7, 11) is 1.26. The van der Waals surface area contributed by atoms with Crippen molar-refractivity contribution in [2.75, 3.05) is 13.7 Å². The molecule has 0 aromatic heterocycles. The molecule has 2 amide bonds. The summed E-state index contributed by atoms with van der Waals surface area (Å²) in [5.74, 6) is -2.14. The van der Waals surface area contributed by atoms with E-state index in [4.69, 9.17) is 9.84 Å². The summed E-state index contributed by atoms with van der Waals surface area (Å²) in [4.78, 5) is 35.9. The molecule has 0 saturated heterocycles. The lowest BCUT2D eigenvalue weighted by atomic mass is 9.86. The Bertz CT molecular complexity index is 662. The van der Waals surface area contributed by atoms with Crippen molar-refractivity contribution in [1.29, 1.82) is 0 Å². The highest BCUT2D eigenvalue weighted by Crippen LogP contribution is 2.22. The predicted octanol–water partition coefficient (Wildman–Crippen LogP) is 1.95. The van der Waals surface area contributed by atoms with Crippen LogP contribution in [0, 0.1) is 5.92 Å². The SMILES string of the molecule is COC(CNC(=O)C(NC(=O)c1ccc(C(C)(C)C)cc1)C(C)C)C(=O)O. The molecule has 1 rings (SSSR count). The topological polar surface area (TPSA) is 105 Å². The van der Waals surface area contributed by atoms with Gasteiger partial charge in [0.25, 0.3) is 5.91 Å². The number of hydrogen-bond donors (Lipinski definition) is 3. The molecule has 7 nitrogen and oxygen atoms in total. The molecular formula is C20H30N2O5. The van der Waals surface area contributed by atoms with Crippen LogP contribution < -0.4 is 10.6 Å².